The third-order valence-corrected chi connectivity index (χ3v) is 3.56. The molecule has 130 valence electrons. The lowest BCUT2D eigenvalue weighted by molar-refractivity contribution is 0.0169. The molecule has 0 unspecified atom stereocenters. The Morgan fingerprint density at radius 1 is 1.30 bits per heavy atom. The summed E-state index contributed by atoms with van der Waals surface area (Å²) in [6.07, 6.45) is -2.67. The SMILES string of the molecule is COc1cc(C#N)cc([C@@H](C(F)F)N2CCNCC2)c1O.Cl.Cl. The van der Waals surface area contributed by atoms with Crippen molar-refractivity contribution in [3.63, 3.8) is 0 Å². The molecule has 1 fully saturated rings. The van der Waals surface area contributed by atoms with Crippen LogP contribution >= 0.6 is 24.8 Å². The minimum Gasteiger partial charge on any atom is -0.504 e. The predicted octanol–water partition coefficient (Wildman–Crippen LogP) is 2.33. The first-order chi connectivity index (χ1) is 10.1. The van der Waals surface area contributed by atoms with E-state index in [2.05, 4.69) is 5.32 Å². The van der Waals surface area contributed by atoms with Gasteiger partial charge in [-0.15, -0.1) is 24.8 Å². The fraction of sp³-hybridized carbons (Fsp3) is 0.500. The van der Waals surface area contributed by atoms with Gasteiger partial charge in [-0.2, -0.15) is 5.26 Å². The van der Waals surface area contributed by atoms with E-state index in [1.165, 1.54) is 19.2 Å². The van der Waals surface area contributed by atoms with E-state index in [-0.39, 0.29) is 47.4 Å². The quantitative estimate of drug-likeness (QED) is 0.852. The monoisotopic (exact) mass is 369 g/mol. The highest BCUT2D eigenvalue weighted by Gasteiger charge is 2.33. The Bertz CT molecular complexity index is 550. The molecule has 1 aliphatic rings. The standard InChI is InChI=1S/C14H17F2N3O2.2ClH/c1-21-11-7-9(8-17)6-10(13(11)20)12(14(15)16)19-4-2-18-3-5-19;;/h6-7,12,14,18,20H,2-5H2,1H3;2*1H/t12-;;/m0../s1. The van der Waals surface area contributed by atoms with Crippen LogP contribution in [0.3, 0.4) is 0 Å². The van der Waals surface area contributed by atoms with Crippen molar-refractivity contribution in [1.29, 1.82) is 5.26 Å². The van der Waals surface area contributed by atoms with Crippen molar-refractivity contribution >= 4 is 24.8 Å². The second-order valence-electron chi connectivity index (χ2n) is 4.79. The van der Waals surface area contributed by atoms with E-state index in [0.29, 0.717) is 26.2 Å². The van der Waals surface area contributed by atoms with Crippen molar-refractivity contribution in [1.82, 2.24) is 10.2 Å². The molecule has 0 aromatic heterocycles. The number of nitrogens with zero attached hydrogens (tertiary/aromatic N) is 2. The second-order valence-corrected chi connectivity index (χ2v) is 4.79. The molecule has 2 rings (SSSR count). The van der Waals surface area contributed by atoms with E-state index in [9.17, 15) is 13.9 Å². The van der Waals surface area contributed by atoms with Crippen molar-refractivity contribution in [3.05, 3.63) is 23.3 Å². The molecule has 2 N–H and O–H groups in total. The molecule has 1 atom stereocenters. The van der Waals surface area contributed by atoms with Gasteiger partial charge in [-0.1, -0.05) is 0 Å². The number of halogens is 4. The molecule has 0 spiro atoms. The number of phenols is 1. The highest BCUT2D eigenvalue weighted by Crippen LogP contribution is 2.39. The van der Waals surface area contributed by atoms with E-state index < -0.39 is 12.5 Å². The van der Waals surface area contributed by atoms with Gasteiger partial charge in [0.1, 0.15) is 6.04 Å². The zero-order valence-corrected chi connectivity index (χ0v) is 14.1. The number of hydrogen-bond donors (Lipinski definition) is 2. The smallest absolute Gasteiger partial charge is 0.258 e. The molecule has 1 aromatic carbocycles. The van der Waals surface area contributed by atoms with Gasteiger partial charge < -0.3 is 15.2 Å². The lowest BCUT2D eigenvalue weighted by Gasteiger charge is -2.35. The number of alkyl halides is 2. The van der Waals surface area contributed by atoms with Crippen molar-refractivity contribution in [2.45, 2.75) is 12.5 Å². The number of hydrogen-bond acceptors (Lipinski definition) is 5. The Morgan fingerprint density at radius 3 is 2.39 bits per heavy atom. The van der Waals surface area contributed by atoms with Crippen LogP contribution in [0.5, 0.6) is 11.5 Å². The maximum absolute atomic E-state index is 13.5. The summed E-state index contributed by atoms with van der Waals surface area (Å²) in [6, 6.07) is 3.28. The fourth-order valence-electron chi connectivity index (χ4n) is 2.53. The summed E-state index contributed by atoms with van der Waals surface area (Å²) in [5, 5.41) is 22.2. The van der Waals surface area contributed by atoms with Gasteiger partial charge in [-0.3, -0.25) is 4.90 Å². The molecular weight excluding hydrogens is 351 g/mol. The van der Waals surface area contributed by atoms with Crippen LogP contribution in [0.15, 0.2) is 12.1 Å². The highest BCUT2D eigenvalue weighted by atomic mass is 35.5. The van der Waals surface area contributed by atoms with Crippen LogP contribution in [-0.2, 0) is 0 Å². The molecule has 1 aromatic rings. The maximum Gasteiger partial charge on any atom is 0.258 e. The molecule has 9 heteroatoms. The Labute approximate surface area is 146 Å². The molecule has 5 nitrogen and oxygen atoms in total. The minimum atomic E-state index is -2.67. The van der Waals surface area contributed by atoms with E-state index in [1.807, 2.05) is 6.07 Å². The van der Waals surface area contributed by atoms with Gasteiger partial charge in [0.2, 0.25) is 0 Å². The lowest BCUT2D eigenvalue weighted by atomic mass is 10.0. The number of nitrogens with one attached hydrogen (secondary N) is 1. The second kappa shape index (κ2) is 9.73. The summed E-state index contributed by atoms with van der Waals surface area (Å²) >= 11 is 0. The largest absolute Gasteiger partial charge is 0.504 e. The molecule has 23 heavy (non-hydrogen) atoms. The van der Waals surface area contributed by atoms with Crippen molar-refractivity contribution in [2.24, 2.45) is 0 Å². The summed E-state index contributed by atoms with van der Waals surface area (Å²) < 4.78 is 32.0. The van der Waals surface area contributed by atoms with E-state index in [4.69, 9.17) is 10.00 Å². The summed E-state index contributed by atoms with van der Waals surface area (Å²) in [6.45, 7) is 2.12. The molecule has 1 saturated heterocycles. The van der Waals surface area contributed by atoms with Crippen molar-refractivity contribution < 1.29 is 18.6 Å². The summed E-state index contributed by atoms with van der Waals surface area (Å²) in [4.78, 5) is 1.61. The average molecular weight is 370 g/mol. The average Bonchev–Trinajstić information content (AvgIpc) is 2.50. The highest BCUT2D eigenvalue weighted by molar-refractivity contribution is 5.85. The number of methoxy groups -OCH3 is 1. The van der Waals surface area contributed by atoms with Gasteiger partial charge in [0.15, 0.2) is 11.5 Å². The number of nitriles is 1. The van der Waals surface area contributed by atoms with Crippen LogP contribution in [0.25, 0.3) is 0 Å². The first-order valence-electron chi connectivity index (χ1n) is 6.62. The first-order valence-corrected chi connectivity index (χ1v) is 6.62. The van der Waals surface area contributed by atoms with Gasteiger partial charge in [0.25, 0.3) is 6.43 Å². The van der Waals surface area contributed by atoms with Gasteiger partial charge >= 0.3 is 0 Å². The topological polar surface area (TPSA) is 68.5 Å². The van der Waals surface area contributed by atoms with E-state index in [0.717, 1.165) is 0 Å². The van der Waals surface area contributed by atoms with Crippen LogP contribution in [0.1, 0.15) is 17.2 Å². The third-order valence-electron chi connectivity index (χ3n) is 3.56. The molecule has 0 bridgehead atoms. The van der Waals surface area contributed by atoms with Crippen LogP contribution in [0.4, 0.5) is 8.78 Å². The Kier molecular flexibility index (Phi) is 9.17. The summed E-state index contributed by atoms with van der Waals surface area (Å²) in [5.41, 5.74) is 0.211. The molecule has 1 aliphatic heterocycles. The molecule has 0 radical (unpaired) electrons. The van der Waals surface area contributed by atoms with Crippen LogP contribution in [0.2, 0.25) is 0 Å². The van der Waals surface area contributed by atoms with Crippen LogP contribution < -0.4 is 10.1 Å². The van der Waals surface area contributed by atoms with Crippen molar-refractivity contribution in [3.8, 4) is 17.6 Å². The maximum atomic E-state index is 13.5. The number of aromatic hydroxyl groups is 1. The number of rotatable bonds is 4. The Balaban J connectivity index is 0.00000242. The number of benzene rings is 1. The molecule has 0 amide bonds. The van der Waals surface area contributed by atoms with E-state index >= 15 is 0 Å². The normalized spacial score (nSPS) is 16.0. The summed E-state index contributed by atoms with van der Waals surface area (Å²) in [7, 11) is 1.32. The van der Waals surface area contributed by atoms with Gasteiger partial charge in [0, 0.05) is 37.8 Å². The van der Waals surface area contributed by atoms with Crippen molar-refractivity contribution in [2.75, 3.05) is 33.3 Å². The molecule has 0 saturated carbocycles. The Hall–Kier alpha value is -1.33. The van der Waals surface area contributed by atoms with Crippen LogP contribution in [0, 0.1) is 11.3 Å². The first kappa shape index (κ1) is 21.7. The minimum absolute atomic E-state index is 0. The third kappa shape index (κ3) is 4.82. The molecular formula is C14H19Cl2F2N3O2. The predicted molar refractivity (Wildman–Crippen MR) is 87.1 cm³/mol. The van der Waals surface area contributed by atoms with Gasteiger partial charge in [-0.05, 0) is 6.07 Å². The van der Waals surface area contributed by atoms with Gasteiger partial charge in [0.05, 0.1) is 18.7 Å². The van der Waals surface area contributed by atoms with Crippen LogP contribution in [-0.4, -0.2) is 49.7 Å². The van der Waals surface area contributed by atoms with Gasteiger partial charge in [-0.25, -0.2) is 8.78 Å². The Morgan fingerprint density at radius 2 is 1.91 bits per heavy atom. The zero-order chi connectivity index (χ0) is 15.4. The fourth-order valence-corrected chi connectivity index (χ4v) is 2.53. The number of phenolic OH excluding ortho intramolecular Hbond substituents is 1. The number of piperazine rings is 1. The summed E-state index contributed by atoms with van der Waals surface area (Å²) in [5.74, 6) is -0.301. The molecule has 1 heterocycles. The zero-order valence-electron chi connectivity index (χ0n) is 12.5. The number of ether oxygens (including phenoxy) is 1. The lowest BCUT2D eigenvalue weighted by Crippen LogP contribution is -2.46. The molecule has 0 aliphatic carbocycles. The van der Waals surface area contributed by atoms with E-state index in [1.54, 1.807) is 4.90 Å².